The van der Waals surface area contributed by atoms with E-state index in [2.05, 4.69) is 20.9 Å². The van der Waals surface area contributed by atoms with Crippen molar-refractivity contribution in [2.75, 3.05) is 6.61 Å². The molecule has 0 atom stereocenters. The number of hydrogen-bond acceptors (Lipinski definition) is 2. The van der Waals surface area contributed by atoms with Crippen LogP contribution in [0.2, 0.25) is 0 Å². The van der Waals surface area contributed by atoms with E-state index in [4.69, 9.17) is 4.74 Å². The molecule has 0 radical (unpaired) electrons. The number of nitrogens with zero attached hydrogens (tertiary/aromatic N) is 2. The Morgan fingerprint density at radius 2 is 2.16 bits per heavy atom. The summed E-state index contributed by atoms with van der Waals surface area (Å²) in [4.78, 5) is 4.57. The first-order chi connectivity index (χ1) is 9.25. The largest absolute Gasteiger partial charge is 0.489 e. The molecule has 0 saturated heterocycles. The van der Waals surface area contributed by atoms with Gasteiger partial charge in [-0.05, 0) is 53.7 Å². The fraction of sp³-hybridized carbons (Fsp3) is 0.533. The average molecular weight is 323 g/mol. The third kappa shape index (κ3) is 2.64. The molecular weight excluding hydrogens is 304 g/mol. The molecule has 1 saturated carbocycles. The molecule has 2 heterocycles. The number of pyridine rings is 1. The average Bonchev–Trinajstić information content (AvgIpc) is 2.74. The summed E-state index contributed by atoms with van der Waals surface area (Å²) >= 11 is 3.56. The highest BCUT2D eigenvalue weighted by Gasteiger charge is 2.16. The summed E-state index contributed by atoms with van der Waals surface area (Å²) in [6, 6.07) is 4.02. The van der Waals surface area contributed by atoms with Crippen molar-refractivity contribution in [3.63, 3.8) is 0 Å². The minimum atomic E-state index is 0.716. The minimum absolute atomic E-state index is 0.716. The predicted octanol–water partition coefficient (Wildman–Crippen LogP) is 4.36. The van der Waals surface area contributed by atoms with E-state index in [-0.39, 0.29) is 0 Å². The Labute approximate surface area is 122 Å². The lowest BCUT2D eigenvalue weighted by Gasteiger charge is -2.21. The van der Waals surface area contributed by atoms with E-state index < -0.39 is 0 Å². The molecule has 19 heavy (non-hydrogen) atoms. The highest BCUT2D eigenvalue weighted by molar-refractivity contribution is 9.10. The molecule has 0 amide bonds. The summed E-state index contributed by atoms with van der Waals surface area (Å²) in [5.41, 5.74) is 1.90. The smallest absolute Gasteiger partial charge is 0.180 e. The second-order valence-electron chi connectivity index (χ2n) is 5.37. The standard InChI is InChI=1S/C15H19BrN2O/c1-11-14(16)18-9-5-8-13(15(18)17-11)19-10-12-6-3-2-4-7-12/h5,8-9,12H,2-4,6-7,10H2,1H3. The summed E-state index contributed by atoms with van der Waals surface area (Å²) in [6.07, 6.45) is 8.71. The molecule has 102 valence electrons. The van der Waals surface area contributed by atoms with Crippen LogP contribution in [-0.4, -0.2) is 16.0 Å². The molecule has 0 aliphatic heterocycles. The van der Waals surface area contributed by atoms with Gasteiger partial charge in [0.25, 0.3) is 0 Å². The van der Waals surface area contributed by atoms with Crippen LogP contribution in [0.3, 0.4) is 0 Å². The van der Waals surface area contributed by atoms with Crippen LogP contribution >= 0.6 is 15.9 Å². The molecule has 0 spiro atoms. The van der Waals surface area contributed by atoms with E-state index in [1.807, 2.05) is 29.7 Å². The van der Waals surface area contributed by atoms with Gasteiger partial charge >= 0.3 is 0 Å². The first-order valence-corrected chi connectivity index (χ1v) is 7.81. The zero-order chi connectivity index (χ0) is 13.2. The maximum Gasteiger partial charge on any atom is 0.180 e. The van der Waals surface area contributed by atoms with Gasteiger partial charge in [-0.2, -0.15) is 0 Å². The van der Waals surface area contributed by atoms with Crippen molar-refractivity contribution in [3.05, 3.63) is 28.6 Å². The van der Waals surface area contributed by atoms with Crippen molar-refractivity contribution in [2.45, 2.75) is 39.0 Å². The molecule has 0 N–H and O–H groups in total. The van der Waals surface area contributed by atoms with Crippen LogP contribution in [0.15, 0.2) is 22.9 Å². The highest BCUT2D eigenvalue weighted by Crippen LogP contribution is 2.28. The van der Waals surface area contributed by atoms with Gasteiger partial charge in [0.1, 0.15) is 4.60 Å². The van der Waals surface area contributed by atoms with E-state index >= 15 is 0 Å². The van der Waals surface area contributed by atoms with E-state index in [0.29, 0.717) is 5.92 Å². The third-order valence-corrected chi connectivity index (χ3v) is 4.87. The summed E-state index contributed by atoms with van der Waals surface area (Å²) < 4.78 is 9.06. The molecule has 0 aromatic carbocycles. The maximum absolute atomic E-state index is 6.02. The molecule has 0 bridgehead atoms. The molecule has 4 heteroatoms. The molecule has 1 aliphatic carbocycles. The molecule has 1 aliphatic rings. The molecule has 2 aromatic rings. The van der Waals surface area contributed by atoms with Gasteiger partial charge in [0.2, 0.25) is 0 Å². The second-order valence-corrected chi connectivity index (χ2v) is 6.12. The van der Waals surface area contributed by atoms with Gasteiger partial charge in [-0.1, -0.05) is 19.3 Å². The Balaban J connectivity index is 1.78. The van der Waals surface area contributed by atoms with E-state index in [1.165, 1.54) is 32.1 Å². The van der Waals surface area contributed by atoms with Crippen molar-refractivity contribution in [3.8, 4) is 5.75 Å². The molecule has 1 fully saturated rings. The van der Waals surface area contributed by atoms with Crippen molar-refractivity contribution >= 4 is 21.6 Å². The predicted molar refractivity (Wildman–Crippen MR) is 79.7 cm³/mol. The molecule has 3 nitrogen and oxygen atoms in total. The summed E-state index contributed by atoms with van der Waals surface area (Å²) in [7, 11) is 0. The van der Waals surface area contributed by atoms with Crippen molar-refractivity contribution in [1.29, 1.82) is 0 Å². The fourth-order valence-corrected chi connectivity index (χ4v) is 3.18. The number of halogens is 1. The molecule has 3 rings (SSSR count). The van der Waals surface area contributed by atoms with Gasteiger partial charge in [-0.3, -0.25) is 4.40 Å². The number of rotatable bonds is 3. The minimum Gasteiger partial charge on any atom is -0.489 e. The van der Waals surface area contributed by atoms with Gasteiger partial charge in [0.05, 0.1) is 12.3 Å². The number of aryl methyl sites for hydroxylation is 1. The second kappa shape index (κ2) is 5.53. The van der Waals surface area contributed by atoms with E-state index in [9.17, 15) is 0 Å². The first-order valence-electron chi connectivity index (χ1n) is 7.01. The molecule has 0 unspecified atom stereocenters. The summed E-state index contributed by atoms with van der Waals surface area (Å²) in [5.74, 6) is 1.61. The van der Waals surface area contributed by atoms with Crippen LogP contribution in [0.25, 0.3) is 5.65 Å². The Hall–Kier alpha value is -1.03. The van der Waals surface area contributed by atoms with Crippen LogP contribution in [-0.2, 0) is 0 Å². The van der Waals surface area contributed by atoms with Crippen molar-refractivity contribution in [2.24, 2.45) is 5.92 Å². The summed E-state index contributed by atoms with van der Waals surface area (Å²) in [5, 5.41) is 0. The van der Waals surface area contributed by atoms with E-state index in [1.54, 1.807) is 0 Å². The SMILES string of the molecule is Cc1nc2c(OCC3CCCCC3)cccn2c1Br. The molecular formula is C15H19BrN2O. The van der Waals surface area contributed by atoms with Crippen LogP contribution in [0, 0.1) is 12.8 Å². The zero-order valence-corrected chi connectivity index (χ0v) is 12.8. The number of aromatic nitrogens is 2. The van der Waals surface area contributed by atoms with Crippen LogP contribution in [0.4, 0.5) is 0 Å². The van der Waals surface area contributed by atoms with Crippen LogP contribution in [0.5, 0.6) is 5.75 Å². The number of imidazole rings is 1. The Morgan fingerprint density at radius 1 is 1.37 bits per heavy atom. The third-order valence-electron chi connectivity index (χ3n) is 3.91. The zero-order valence-electron chi connectivity index (χ0n) is 11.2. The Kier molecular flexibility index (Phi) is 3.78. The maximum atomic E-state index is 6.02. The number of fused-ring (bicyclic) bond motifs is 1. The van der Waals surface area contributed by atoms with Gasteiger partial charge in [-0.25, -0.2) is 4.98 Å². The lowest BCUT2D eigenvalue weighted by molar-refractivity contribution is 0.210. The number of ether oxygens (including phenoxy) is 1. The van der Waals surface area contributed by atoms with E-state index in [0.717, 1.165) is 28.3 Å². The summed E-state index contributed by atoms with van der Waals surface area (Å²) in [6.45, 7) is 2.82. The quantitative estimate of drug-likeness (QED) is 0.839. The molecule has 2 aromatic heterocycles. The fourth-order valence-electron chi connectivity index (χ4n) is 2.80. The monoisotopic (exact) mass is 322 g/mol. The lowest BCUT2D eigenvalue weighted by Crippen LogP contribution is -2.15. The van der Waals surface area contributed by atoms with Gasteiger partial charge in [-0.15, -0.1) is 0 Å². The normalized spacial score (nSPS) is 16.9. The Morgan fingerprint density at radius 3 is 2.95 bits per heavy atom. The Bertz CT molecular complexity index is 573. The van der Waals surface area contributed by atoms with Crippen molar-refractivity contribution < 1.29 is 4.74 Å². The van der Waals surface area contributed by atoms with Crippen LogP contribution < -0.4 is 4.74 Å². The number of hydrogen-bond donors (Lipinski definition) is 0. The van der Waals surface area contributed by atoms with Gasteiger partial charge in [0.15, 0.2) is 11.4 Å². The first kappa shape index (κ1) is 13.0. The highest BCUT2D eigenvalue weighted by atomic mass is 79.9. The van der Waals surface area contributed by atoms with Crippen LogP contribution in [0.1, 0.15) is 37.8 Å². The van der Waals surface area contributed by atoms with Gasteiger partial charge in [0, 0.05) is 6.20 Å². The van der Waals surface area contributed by atoms with Gasteiger partial charge < -0.3 is 4.74 Å². The van der Waals surface area contributed by atoms with Crippen molar-refractivity contribution in [1.82, 2.24) is 9.38 Å². The lowest BCUT2D eigenvalue weighted by atomic mass is 9.90. The topological polar surface area (TPSA) is 26.5 Å².